The van der Waals surface area contributed by atoms with Crippen LogP contribution in [0.15, 0.2) is 64.8 Å². The number of aryl methyl sites for hydroxylation is 1. The van der Waals surface area contributed by atoms with Crippen molar-refractivity contribution in [2.75, 3.05) is 6.54 Å². The normalized spacial score (nSPS) is 16.4. The predicted molar refractivity (Wildman–Crippen MR) is 138 cm³/mol. The second kappa shape index (κ2) is 11.7. The Kier molecular flexibility index (Phi) is 8.42. The molecule has 0 radical (unpaired) electrons. The number of halogens is 3. The van der Waals surface area contributed by atoms with E-state index in [2.05, 4.69) is 15.1 Å². The lowest BCUT2D eigenvalue weighted by molar-refractivity contribution is -0.730. The maximum absolute atomic E-state index is 13.5. The molecule has 0 spiro atoms. The fourth-order valence-corrected chi connectivity index (χ4v) is 4.94. The number of rotatable bonds is 9. The predicted octanol–water partition coefficient (Wildman–Crippen LogP) is 3.46. The number of nitrogens with one attached hydrogen (secondary N) is 1. The average Bonchev–Trinajstić information content (AvgIpc) is 3.33. The van der Waals surface area contributed by atoms with Crippen molar-refractivity contribution < 1.29 is 45.7 Å². The van der Waals surface area contributed by atoms with Crippen molar-refractivity contribution in [2.24, 2.45) is 5.28 Å². The van der Waals surface area contributed by atoms with E-state index in [1.54, 1.807) is 24.3 Å². The molecule has 0 saturated carbocycles. The highest BCUT2D eigenvalue weighted by atomic mass is 32.2. The van der Waals surface area contributed by atoms with Crippen molar-refractivity contribution in [3.05, 3.63) is 71.1 Å². The van der Waals surface area contributed by atoms with Crippen LogP contribution in [0.25, 0.3) is 16.9 Å². The summed E-state index contributed by atoms with van der Waals surface area (Å²) in [5, 5.41) is 19.9. The van der Waals surface area contributed by atoms with E-state index in [0.29, 0.717) is 5.56 Å². The van der Waals surface area contributed by atoms with E-state index in [4.69, 9.17) is 4.84 Å². The molecule has 1 aliphatic rings. The number of hydrazine groups is 1. The van der Waals surface area contributed by atoms with Gasteiger partial charge in [0.1, 0.15) is 0 Å². The van der Waals surface area contributed by atoms with Crippen LogP contribution in [0.4, 0.5) is 13.2 Å². The molecular weight excluding hydrogens is 585 g/mol. The van der Waals surface area contributed by atoms with Gasteiger partial charge in [-0.1, -0.05) is 29.8 Å². The molecule has 42 heavy (non-hydrogen) atoms. The maximum Gasteiger partial charge on any atom is 0.435 e. The van der Waals surface area contributed by atoms with E-state index in [9.17, 15) is 36.4 Å². The molecular formula is C25H25F3N6O7S. The molecule has 0 aliphatic carbocycles. The topological polar surface area (TPSA) is 158 Å². The van der Waals surface area contributed by atoms with Crippen LogP contribution in [0.5, 0.6) is 0 Å². The van der Waals surface area contributed by atoms with Gasteiger partial charge < -0.3 is 9.94 Å². The van der Waals surface area contributed by atoms with Gasteiger partial charge in [0, 0.05) is 25.8 Å². The average molecular weight is 611 g/mol. The van der Waals surface area contributed by atoms with E-state index in [1.807, 2.05) is 11.6 Å². The third kappa shape index (κ3) is 6.79. The smallest absolute Gasteiger partial charge is 0.435 e. The number of hydrogen-bond donors (Lipinski definition) is 1. The van der Waals surface area contributed by atoms with Crippen LogP contribution in [-0.4, -0.2) is 58.9 Å². The minimum Gasteiger partial charge on any atom is -0.569 e. The maximum atomic E-state index is 13.5. The molecule has 3 aromatic rings. The molecule has 13 nitrogen and oxygen atoms in total. The molecule has 17 heteroatoms. The number of benzene rings is 2. The Labute approximate surface area is 237 Å². The van der Waals surface area contributed by atoms with Crippen molar-refractivity contribution in [2.45, 2.75) is 50.6 Å². The minimum atomic E-state index is -4.71. The van der Waals surface area contributed by atoms with Crippen LogP contribution in [0, 0.1) is 12.1 Å². The third-order valence-corrected chi connectivity index (χ3v) is 7.45. The van der Waals surface area contributed by atoms with Gasteiger partial charge in [-0.2, -0.15) is 18.3 Å². The summed E-state index contributed by atoms with van der Waals surface area (Å²) in [6, 6.07) is 11.2. The van der Waals surface area contributed by atoms with Crippen LogP contribution >= 0.6 is 0 Å². The monoisotopic (exact) mass is 610 g/mol. The lowest BCUT2D eigenvalue weighted by Gasteiger charge is -2.34. The van der Waals surface area contributed by atoms with Crippen LogP contribution in [0.1, 0.15) is 31.5 Å². The molecule has 1 N–H and O–H groups in total. The van der Waals surface area contributed by atoms with E-state index in [1.165, 1.54) is 19.1 Å². The highest BCUT2D eigenvalue weighted by molar-refractivity contribution is 7.90. The molecule has 1 saturated heterocycles. The number of carbonyl (C=O) groups is 2. The molecule has 224 valence electrons. The third-order valence-electron chi connectivity index (χ3n) is 6.08. The molecule has 1 fully saturated rings. The molecule has 1 amide bonds. The fourth-order valence-electron chi connectivity index (χ4n) is 3.93. The van der Waals surface area contributed by atoms with Crippen molar-refractivity contribution in [3.63, 3.8) is 0 Å². The summed E-state index contributed by atoms with van der Waals surface area (Å²) in [5.41, 5.74) is 0.515. The SMILES string of the molecule is CC(=O)OC(C)O/N=[N+](/[O-])N1CC[C@H]1C(=O)NS(=O)(=O)c1ccc(-n2nc(C(F)(F)F)cc2-c2ccc(C)cc2)cc1. The van der Waals surface area contributed by atoms with Crippen LogP contribution < -0.4 is 4.72 Å². The van der Waals surface area contributed by atoms with Crippen molar-refractivity contribution in [1.82, 2.24) is 19.5 Å². The first-order valence-electron chi connectivity index (χ1n) is 12.3. The minimum absolute atomic E-state index is 0.0555. The summed E-state index contributed by atoms with van der Waals surface area (Å²) in [7, 11) is -4.43. The van der Waals surface area contributed by atoms with E-state index < -0.39 is 46.1 Å². The van der Waals surface area contributed by atoms with Gasteiger partial charge in [-0.25, -0.2) is 17.8 Å². The summed E-state index contributed by atoms with van der Waals surface area (Å²) in [6.45, 7) is 4.33. The summed E-state index contributed by atoms with van der Waals surface area (Å²) in [4.78, 5) is 27.9. The highest BCUT2D eigenvalue weighted by Crippen LogP contribution is 2.33. The van der Waals surface area contributed by atoms with Gasteiger partial charge >= 0.3 is 12.1 Å². The van der Waals surface area contributed by atoms with Gasteiger partial charge in [-0.3, -0.25) is 14.4 Å². The Morgan fingerprint density at radius 2 is 1.81 bits per heavy atom. The molecule has 0 bridgehead atoms. The summed E-state index contributed by atoms with van der Waals surface area (Å²) >= 11 is 0. The zero-order chi connectivity index (χ0) is 30.8. The van der Waals surface area contributed by atoms with E-state index in [-0.39, 0.29) is 34.2 Å². The Hall–Kier alpha value is -4.67. The number of sulfonamides is 1. The lowest BCUT2D eigenvalue weighted by atomic mass is 10.1. The number of carbonyl (C=O) groups excluding carboxylic acids is 2. The molecule has 2 aromatic carbocycles. The van der Waals surface area contributed by atoms with Gasteiger partial charge in [-0.05, 0) is 37.3 Å². The molecule has 1 unspecified atom stereocenters. The van der Waals surface area contributed by atoms with Gasteiger partial charge in [0.05, 0.1) is 27.8 Å². The number of ether oxygens (including phenoxy) is 1. The Bertz CT molecular complexity index is 1610. The van der Waals surface area contributed by atoms with Crippen LogP contribution in [0.3, 0.4) is 0 Å². The first kappa shape index (κ1) is 30.3. The molecule has 2 heterocycles. The highest BCUT2D eigenvalue weighted by Gasteiger charge is 2.42. The number of aromatic nitrogens is 2. The number of alkyl halides is 3. The summed E-state index contributed by atoms with van der Waals surface area (Å²) in [6.07, 6.45) is -5.75. The number of hydrogen-bond acceptors (Lipinski definition) is 9. The fraction of sp³-hybridized carbons (Fsp3) is 0.320. The van der Waals surface area contributed by atoms with Crippen LogP contribution in [0.2, 0.25) is 0 Å². The van der Waals surface area contributed by atoms with Gasteiger partial charge in [0.2, 0.25) is 5.28 Å². The zero-order valence-electron chi connectivity index (χ0n) is 22.4. The first-order chi connectivity index (χ1) is 19.7. The summed E-state index contributed by atoms with van der Waals surface area (Å²) in [5.74, 6) is -1.69. The quantitative estimate of drug-likeness (QED) is 0.126. The number of amides is 1. The van der Waals surface area contributed by atoms with Crippen molar-refractivity contribution >= 4 is 21.9 Å². The van der Waals surface area contributed by atoms with Crippen molar-refractivity contribution in [3.8, 4) is 16.9 Å². The Balaban J connectivity index is 1.50. The van der Waals surface area contributed by atoms with Crippen molar-refractivity contribution in [1.29, 1.82) is 0 Å². The number of esters is 1. The van der Waals surface area contributed by atoms with E-state index in [0.717, 1.165) is 40.4 Å². The standard InChI is InChI=1S/C25H25F3N6O7S/c1-15-4-6-18(7-5-15)22-14-23(25(26,27)28)29-33(22)19-8-10-20(11-9-19)42(38,39)30-24(36)21-12-13-32(21)34(37)31-41-17(3)40-16(2)35/h4-11,14,17,21H,12-13H2,1-3H3,(H,30,36)/b34-31+/t17?,21-/m0/s1. The summed E-state index contributed by atoms with van der Waals surface area (Å²) < 4.78 is 73.7. The zero-order valence-corrected chi connectivity index (χ0v) is 23.2. The Morgan fingerprint density at radius 3 is 2.36 bits per heavy atom. The molecule has 1 aromatic heterocycles. The van der Waals surface area contributed by atoms with Crippen LogP contribution in [-0.2, 0) is 35.4 Å². The number of nitrogens with zero attached hydrogens (tertiary/aromatic N) is 5. The lowest BCUT2D eigenvalue weighted by Crippen LogP contribution is -2.59. The second-order valence-electron chi connectivity index (χ2n) is 9.24. The van der Waals surface area contributed by atoms with Gasteiger partial charge in [0.15, 0.2) is 11.7 Å². The largest absolute Gasteiger partial charge is 0.569 e. The van der Waals surface area contributed by atoms with Gasteiger partial charge in [-0.15, -0.1) is 5.01 Å². The molecule has 4 rings (SSSR count). The Morgan fingerprint density at radius 1 is 1.17 bits per heavy atom. The van der Waals surface area contributed by atoms with Gasteiger partial charge in [0.25, 0.3) is 22.2 Å². The second-order valence-corrected chi connectivity index (χ2v) is 10.9. The van der Waals surface area contributed by atoms with E-state index >= 15 is 0 Å². The first-order valence-corrected chi connectivity index (χ1v) is 13.8. The molecule has 1 aliphatic heterocycles. The molecule has 2 atom stereocenters.